The normalized spacial score (nSPS) is 10.8. The third-order valence-electron chi connectivity index (χ3n) is 4.96. The van der Waals surface area contributed by atoms with E-state index in [0.717, 1.165) is 48.8 Å². The number of benzene rings is 2. The number of hydrogen-bond acceptors (Lipinski definition) is 5. The Bertz CT molecular complexity index is 875. The van der Waals surface area contributed by atoms with Gasteiger partial charge in [0.15, 0.2) is 17.5 Å². The predicted molar refractivity (Wildman–Crippen MR) is 141 cm³/mol. The van der Waals surface area contributed by atoms with Gasteiger partial charge < -0.3 is 29.6 Å². The number of nitrogens with zero attached hydrogens (tertiary/aromatic N) is 1. The lowest BCUT2D eigenvalue weighted by Crippen LogP contribution is -2.38. The van der Waals surface area contributed by atoms with Crippen LogP contribution in [0.25, 0.3) is 0 Å². The van der Waals surface area contributed by atoms with Gasteiger partial charge in [-0.3, -0.25) is 4.99 Å². The summed E-state index contributed by atoms with van der Waals surface area (Å²) in [6.45, 7) is 6.28. The van der Waals surface area contributed by atoms with Gasteiger partial charge in [0.1, 0.15) is 5.75 Å². The molecular weight excluding hydrogens is 521 g/mol. The molecular formula is C24H36IN3O4. The average molecular weight is 557 g/mol. The van der Waals surface area contributed by atoms with E-state index in [1.807, 2.05) is 19.1 Å². The van der Waals surface area contributed by atoms with Crippen LogP contribution in [0.1, 0.15) is 23.6 Å². The Balaban J connectivity index is 0.00000512. The molecule has 32 heavy (non-hydrogen) atoms. The van der Waals surface area contributed by atoms with Crippen LogP contribution in [-0.2, 0) is 12.8 Å². The second-order valence-corrected chi connectivity index (χ2v) is 6.98. The summed E-state index contributed by atoms with van der Waals surface area (Å²) in [4.78, 5) is 4.70. The number of guanidine groups is 1. The third-order valence-corrected chi connectivity index (χ3v) is 4.96. The number of ether oxygens (including phenoxy) is 4. The van der Waals surface area contributed by atoms with Gasteiger partial charge in [-0.1, -0.05) is 18.2 Å². The largest absolute Gasteiger partial charge is 0.496 e. The summed E-state index contributed by atoms with van der Waals surface area (Å²) in [5, 5.41) is 6.69. The molecule has 0 amide bonds. The van der Waals surface area contributed by atoms with Gasteiger partial charge in [-0.25, -0.2) is 0 Å². The molecule has 0 aromatic heterocycles. The molecule has 2 aromatic carbocycles. The van der Waals surface area contributed by atoms with Gasteiger partial charge in [0.05, 0.1) is 28.4 Å². The lowest BCUT2D eigenvalue weighted by Gasteiger charge is -2.16. The topological polar surface area (TPSA) is 73.3 Å². The Labute approximate surface area is 208 Å². The third kappa shape index (κ3) is 7.65. The lowest BCUT2D eigenvalue weighted by molar-refractivity contribution is 0.322. The van der Waals surface area contributed by atoms with Crippen molar-refractivity contribution in [3.05, 3.63) is 47.0 Å². The highest BCUT2D eigenvalue weighted by Gasteiger charge is 2.15. The van der Waals surface area contributed by atoms with Gasteiger partial charge in [0, 0.05) is 25.2 Å². The van der Waals surface area contributed by atoms with E-state index in [4.69, 9.17) is 23.9 Å². The molecule has 0 fully saturated rings. The van der Waals surface area contributed by atoms with Gasteiger partial charge in [0.25, 0.3) is 0 Å². The molecule has 2 N–H and O–H groups in total. The molecule has 0 bridgehead atoms. The number of nitrogens with one attached hydrogen (secondary N) is 2. The first-order chi connectivity index (χ1) is 15.1. The molecule has 0 spiro atoms. The zero-order chi connectivity index (χ0) is 22.6. The molecule has 0 saturated carbocycles. The first-order valence-corrected chi connectivity index (χ1v) is 10.5. The smallest absolute Gasteiger partial charge is 0.203 e. The van der Waals surface area contributed by atoms with Gasteiger partial charge >= 0.3 is 0 Å². The van der Waals surface area contributed by atoms with Gasteiger partial charge in [-0.05, 0) is 49.9 Å². The molecule has 0 atom stereocenters. The summed E-state index contributed by atoms with van der Waals surface area (Å²) in [6, 6.07) is 10.2. The van der Waals surface area contributed by atoms with E-state index in [9.17, 15) is 0 Å². The highest BCUT2D eigenvalue weighted by Crippen LogP contribution is 2.39. The minimum atomic E-state index is 0. The molecule has 0 unspecified atom stereocenters. The van der Waals surface area contributed by atoms with E-state index in [2.05, 4.69) is 35.8 Å². The van der Waals surface area contributed by atoms with Crippen molar-refractivity contribution in [2.24, 2.45) is 4.99 Å². The van der Waals surface area contributed by atoms with Crippen molar-refractivity contribution in [1.29, 1.82) is 0 Å². The second-order valence-electron chi connectivity index (χ2n) is 6.98. The van der Waals surface area contributed by atoms with Gasteiger partial charge in [-0.15, -0.1) is 24.0 Å². The molecule has 0 aliphatic heterocycles. The van der Waals surface area contributed by atoms with E-state index in [1.54, 1.807) is 28.4 Å². The maximum absolute atomic E-state index is 5.56. The van der Waals surface area contributed by atoms with Gasteiger partial charge in [-0.2, -0.15) is 0 Å². The summed E-state index contributed by atoms with van der Waals surface area (Å²) in [7, 11) is 6.56. The maximum Gasteiger partial charge on any atom is 0.203 e. The van der Waals surface area contributed by atoms with Crippen LogP contribution in [0.3, 0.4) is 0 Å². The highest BCUT2D eigenvalue weighted by molar-refractivity contribution is 14.0. The Kier molecular flexibility index (Phi) is 12.7. The van der Waals surface area contributed by atoms with Crippen LogP contribution in [0.4, 0.5) is 0 Å². The highest BCUT2D eigenvalue weighted by atomic mass is 127. The van der Waals surface area contributed by atoms with Crippen molar-refractivity contribution in [1.82, 2.24) is 10.6 Å². The molecule has 0 aliphatic carbocycles. The maximum atomic E-state index is 5.56. The van der Waals surface area contributed by atoms with E-state index >= 15 is 0 Å². The van der Waals surface area contributed by atoms with Crippen LogP contribution in [0.2, 0.25) is 0 Å². The zero-order valence-electron chi connectivity index (χ0n) is 19.9. The van der Waals surface area contributed by atoms with Crippen molar-refractivity contribution < 1.29 is 18.9 Å². The molecule has 0 radical (unpaired) electrons. The minimum Gasteiger partial charge on any atom is -0.496 e. The van der Waals surface area contributed by atoms with Crippen molar-refractivity contribution in [3.8, 4) is 23.0 Å². The summed E-state index contributed by atoms with van der Waals surface area (Å²) < 4.78 is 21.8. The van der Waals surface area contributed by atoms with Crippen LogP contribution in [0, 0.1) is 6.92 Å². The second kappa shape index (κ2) is 14.7. The number of rotatable bonds is 11. The van der Waals surface area contributed by atoms with E-state index < -0.39 is 0 Å². The summed E-state index contributed by atoms with van der Waals surface area (Å²) in [5.74, 6) is 3.64. The molecule has 0 heterocycles. The standard InChI is InChI=1S/C24H35N3O4.HI/c1-7-25-24(26-14-12-18-9-8-17(2)21(16-18)29-4)27-15-13-19-10-11-20(28-3)23(31-6)22(19)30-5;/h8-11,16H,7,12-15H2,1-6H3,(H2,25,26,27);1H. The number of methoxy groups -OCH3 is 4. The Morgan fingerprint density at radius 1 is 0.844 bits per heavy atom. The van der Waals surface area contributed by atoms with Crippen molar-refractivity contribution in [2.75, 3.05) is 48.1 Å². The molecule has 2 aromatic rings. The number of aryl methyl sites for hydroxylation is 1. The van der Waals surface area contributed by atoms with Crippen molar-refractivity contribution in [2.45, 2.75) is 26.7 Å². The van der Waals surface area contributed by atoms with Crippen LogP contribution >= 0.6 is 24.0 Å². The van der Waals surface area contributed by atoms with E-state index in [0.29, 0.717) is 23.8 Å². The molecule has 0 saturated heterocycles. The number of hydrogen-bond donors (Lipinski definition) is 2. The van der Waals surface area contributed by atoms with Crippen LogP contribution in [-0.4, -0.2) is 54.0 Å². The monoisotopic (exact) mass is 557 g/mol. The SMILES string of the molecule is CCNC(=NCCc1ccc(OC)c(OC)c1OC)NCCc1ccc(C)c(OC)c1.I. The Hall–Kier alpha value is -2.36. The van der Waals surface area contributed by atoms with Crippen molar-refractivity contribution in [3.63, 3.8) is 0 Å². The fraction of sp³-hybridized carbons (Fsp3) is 0.458. The number of aliphatic imine (C=N–C) groups is 1. The van der Waals surface area contributed by atoms with Crippen molar-refractivity contribution >= 4 is 29.9 Å². The first-order valence-electron chi connectivity index (χ1n) is 10.5. The fourth-order valence-electron chi connectivity index (χ4n) is 3.34. The lowest BCUT2D eigenvalue weighted by atomic mass is 10.1. The first kappa shape index (κ1) is 27.7. The molecule has 8 heteroatoms. The van der Waals surface area contributed by atoms with E-state index in [-0.39, 0.29) is 24.0 Å². The summed E-state index contributed by atoms with van der Waals surface area (Å²) >= 11 is 0. The molecule has 7 nitrogen and oxygen atoms in total. The fourth-order valence-corrected chi connectivity index (χ4v) is 3.34. The molecule has 178 valence electrons. The zero-order valence-corrected chi connectivity index (χ0v) is 22.2. The number of halogens is 1. The van der Waals surface area contributed by atoms with Crippen LogP contribution < -0.4 is 29.6 Å². The average Bonchev–Trinajstić information content (AvgIpc) is 2.79. The van der Waals surface area contributed by atoms with Crippen LogP contribution in [0.15, 0.2) is 35.3 Å². The predicted octanol–water partition coefficient (Wildman–Crippen LogP) is 3.99. The Morgan fingerprint density at radius 2 is 1.56 bits per heavy atom. The molecule has 2 rings (SSSR count). The minimum absolute atomic E-state index is 0. The summed E-state index contributed by atoms with van der Waals surface area (Å²) in [6.07, 6.45) is 1.60. The Morgan fingerprint density at radius 3 is 2.19 bits per heavy atom. The quantitative estimate of drug-likeness (QED) is 0.248. The van der Waals surface area contributed by atoms with Gasteiger partial charge in [0.2, 0.25) is 5.75 Å². The summed E-state index contributed by atoms with van der Waals surface area (Å²) in [5.41, 5.74) is 3.38. The van der Waals surface area contributed by atoms with Crippen LogP contribution in [0.5, 0.6) is 23.0 Å². The molecule has 0 aliphatic rings. The van der Waals surface area contributed by atoms with E-state index in [1.165, 1.54) is 5.56 Å².